The minimum absolute atomic E-state index is 0.0303. The molecule has 11 rings (SSSR count). The van der Waals surface area contributed by atoms with Crippen molar-refractivity contribution in [2.24, 2.45) is 23.5 Å². The highest BCUT2D eigenvalue weighted by molar-refractivity contribution is 7.80. The Bertz CT molecular complexity index is 3630. The first-order valence-corrected chi connectivity index (χ1v) is 29.8. The Kier molecular flexibility index (Phi) is 20.7. The van der Waals surface area contributed by atoms with Gasteiger partial charge >= 0.3 is 0 Å². The van der Waals surface area contributed by atoms with Crippen LogP contribution in [-0.4, -0.2) is 154 Å². The average molecular weight is 1310 g/mol. The molecule has 0 radical (unpaired) electrons. The van der Waals surface area contributed by atoms with E-state index in [0.717, 1.165) is 12.1 Å². The number of rotatable bonds is 11. The number of carbonyl (C=O) groups is 6. The molecule has 6 aliphatic heterocycles. The summed E-state index contributed by atoms with van der Waals surface area (Å²) in [6, 6.07) is 10.1. The van der Waals surface area contributed by atoms with E-state index < -0.39 is 193 Å². The fraction of sp³-hybridized carbons (Fsp3) is 0.403. The van der Waals surface area contributed by atoms with Gasteiger partial charge in [0.2, 0.25) is 35.7 Å². The summed E-state index contributed by atoms with van der Waals surface area (Å²) in [4.78, 5) is 87.2. The SMILES string of the molecule is CN[C@H](CC(C)C)C(=O)N[C@H]1C(=O)C[C@@H](CC(N)=O)C(=O)N[C@H]2C(=S)C[C@@H]3C(=O)C[C@H](C(=O)N[C@H](CO)c4cc(O)cc(O)c4-c4cc3ccc4O)[C@H](O)c3ccc(c(Cl)c3)Oc3cc2cc(c3OC2OC(CO)C(O)[C@H](O)[C@H]2O)Oc2ccc(cc2Cl)[C@H]1O. The van der Waals surface area contributed by atoms with Gasteiger partial charge in [-0.05, 0) is 108 Å². The molecular weight excluding hydrogens is 1240 g/mol. The maximum atomic E-state index is 15.5. The Morgan fingerprint density at radius 1 is 0.722 bits per heavy atom. The number of nitrogens with two attached hydrogens (primary N) is 1. The van der Waals surface area contributed by atoms with Crippen molar-refractivity contribution in [3.05, 3.63) is 117 Å². The summed E-state index contributed by atoms with van der Waals surface area (Å²) in [6.07, 6.45) is -16.0. The van der Waals surface area contributed by atoms with Gasteiger partial charge in [-0.25, -0.2) is 0 Å². The molecule has 0 aromatic heterocycles. The predicted octanol–water partition coefficient (Wildman–Crippen LogP) is 3.64. The average Bonchev–Trinajstić information content (AvgIpc) is 0.791. The zero-order valence-electron chi connectivity index (χ0n) is 48.4. The number of nitrogens with one attached hydrogen (secondary N) is 4. The molecule has 1 saturated heterocycles. The Morgan fingerprint density at radius 3 is 1.94 bits per heavy atom. The van der Waals surface area contributed by atoms with Crippen LogP contribution in [0.15, 0.2) is 78.9 Å². The third-order valence-electron chi connectivity index (χ3n) is 16.3. The third kappa shape index (κ3) is 14.1. The van der Waals surface area contributed by atoms with Gasteiger partial charge in [0.05, 0.1) is 59.3 Å². The Labute approximate surface area is 529 Å². The van der Waals surface area contributed by atoms with Gasteiger partial charge in [0, 0.05) is 47.2 Å². The van der Waals surface area contributed by atoms with E-state index in [-0.39, 0.29) is 77.7 Å². The number of halogens is 2. The molecule has 5 aromatic carbocycles. The number of phenols is 3. The van der Waals surface area contributed by atoms with Crippen molar-refractivity contribution in [3.8, 4) is 57.1 Å². The Balaban J connectivity index is 1.32. The number of aliphatic hydroxyl groups is 7. The van der Waals surface area contributed by atoms with Crippen molar-refractivity contribution >= 4 is 75.5 Å². The van der Waals surface area contributed by atoms with Crippen LogP contribution in [0.3, 0.4) is 0 Å². The number of thiocarbonyl (C=S) groups is 1. The quantitative estimate of drug-likeness (QED) is 0.0839. The van der Waals surface area contributed by atoms with Gasteiger partial charge in [-0.1, -0.05) is 67.5 Å². The highest BCUT2D eigenvalue weighted by Gasteiger charge is 2.47. The van der Waals surface area contributed by atoms with Gasteiger partial charge in [-0.15, -0.1) is 0 Å². The summed E-state index contributed by atoms with van der Waals surface area (Å²) in [6.45, 7) is 1.95. The molecule has 3 unspecified atom stereocenters. The molecule has 14 atom stereocenters. The summed E-state index contributed by atoms with van der Waals surface area (Å²) >= 11 is 20.3. The van der Waals surface area contributed by atoms with Gasteiger partial charge in [0.1, 0.15) is 71.1 Å². The van der Waals surface area contributed by atoms with Crippen LogP contribution in [0.25, 0.3) is 11.1 Å². The standard InChI is InChI=1S/C62H67Cl2N5O20S/c1-24(2)10-37(66-3)61(85)69-52-42(76)14-29(17-49(65)77)59(83)68-51-28-15-45(58(89-62-57(82)56(81)55(80)47(23-71)88-62)46(16-28)87-44-9-6-27(54(52)79)13-36(44)64)86-43-8-5-26(12-35(43)63)53(78)34-20-40(74)31(21-48(51)90)25-4-7-39(73)33(11-25)50-32(18-30(72)19-41(50)75)38(22-70)67-60(34)84/h4-9,11-13,15-16,18-19,24,29,31,34,37-38,47,51-57,62,66,70-73,75,78-82H,10,14,17,20-23H2,1-3H3,(H2,65,77)(H,67,84)(H,68,83)(H,69,85)/t29-,31-,34-,37+,38+,47?,51+,52-,53+,54+,55?,56-,57+,62?/m0/s1. The first-order chi connectivity index (χ1) is 42.7. The lowest BCUT2D eigenvalue weighted by Gasteiger charge is -2.39. The van der Waals surface area contributed by atoms with E-state index in [1.54, 1.807) is 0 Å². The lowest BCUT2D eigenvalue weighted by Crippen LogP contribution is -2.60. The smallest absolute Gasteiger partial charge is 0.237 e. The summed E-state index contributed by atoms with van der Waals surface area (Å²) in [5, 5.41) is 123. The molecule has 5 aromatic rings. The minimum Gasteiger partial charge on any atom is -0.508 e. The number of ether oxygens (including phenoxy) is 4. The summed E-state index contributed by atoms with van der Waals surface area (Å²) < 4.78 is 25.3. The summed E-state index contributed by atoms with van der Waals surface area (Å²) in [7, 11) is 1.52. The number of Topliss-reactive ketones (excluding diaryl/α,β-unsaturated/α-hetero) is 2. The Morgan fingerprint density at radius 2 is 1.36 bits per heavy atom. The second kappa shape index (κ2) is 27.9. The van der Waals surface area contributed by atoms with Crippen LogP contribution in [0.1, 0.15) is 104 Å². The van der Waals surface area contributed by atoms with Crippen LogP contribution in [0, 0.1) is 17.8 Å². The van der Waals surface area contributed by atoms with Crippen LogP contribution in [0.4, 0.5) is 0 Å². The van der Waals surface area contributed by atoms with Crippen molar-refractivity contribution < 1.29 is 98.8 Å². The van der Waals surface area contributed by atoms with Crippen LogP contribution < -0.4 is 41.2 Å². The van der Waals surface area contributed by atoms with E-state index in [4.69, 9.17) is 60.1 Å². The van der Waals surface area contributed by atoms with Gasteiger partial charge in [0.25, 0.3) is 0 Å². The number of ketones is 2. The number of phenolic OH excluding ortho intramolecular Hbond substituents is 3. The molecule has 1 fully saturated rings. The maximum Gasteiger partial charge on any atom is 0.237 e. The molecule has 6 aliphatic rings. The van der Waals surface area contributed by atoms with Crippen LogP contribution in [0.2, 0.25) is 10.0 Å². The molecule has 90 heavy (non-hydrogen) atoms. The number of fused-ring (bicyclic) bond motifs is 15. The maximum absolute atomic E-state index is 15.5. The van der Waals surface area contributed by atoms with E-state index in [0.29, 0.717) is 0 Å². The van der Waals surface area contributed by atoms with Crippen molar-refractivity contribution in [1.82, 2.24) is 21.3 Å². The lowest BCUT2D eigenvalue weighted by atomic mass is 9.79. The largest absolute Gasteiger partial charge is 0.508 e. The van der Waals surface area contributed by atoms with Crippen LogP contribution in [0.5, 0.6) is 46.0 Å². The topological polar surface area (TPSA) is 416 Å². The highest BCUT2D eigenvalue weighted by atomic mass is 35.5. The second-order valence-corrected chi connectivity index (χ2v) is 24.4. The molecule has 0 saturated carbocycles. The van der Waals surface area contributed by atoms with Crippen molar-refractivity contribution in [2.45, 2.75) is 119 Å². The number of carbonyl (C=O) groups excluding carboxylic acids is 6. The first-order valence-electron chi connectivity index (χ1n) is 28.6. The van der Waals surface area contributed by atoms with Crippen molar-refractivity contribution in [2.75, 3.05) is 20.3 Å². The molecule has 0 spiro atoms. The number of likely N-dealkylation sites (N-methyl/N-ethyl adjacent to an activating group) is 1. The number of aliphatic hydroxyl groups excluding tert-OH is 7. The summed E-state index contributed by atoms with van der Waals surface area (Å²) in [5.41, 5.74) is 5.16. The number of hydrogen-bond acceptors (Lipinski definition) is 22. The van der Waals surface area contributed by atoms with Crippen LogP contribution >= 0.6 is 35.4 Å². The zero-order chi connectivity index (χ0) is 65.3. The predicted molar refractivity (Wildman–Crippen MR) is 324 cm³/mol. The van der Waals surface area contributed by atoms with Crippen molar-refractivity contribution in [3.63, 3.8) is 0 Å². The molecule has 16 N–H and O–H groups in total. The number of benzene rings is 5. The molecule has 6 heterocycles. The number of aromatic hydroxyl groups is 3. The van der Waals surface area contributed by atoms with Crippen molar-refractivity contribution in [1.29, 1.82) is 0 Å². The molecule has 25 nitrogen and oxygen atoms in total. The normalized spacial score (nSPS) is 26.7. The number of amides is 4. The molecule has 28 heteroatoms. The molecule has 4 amide bonds. The van der Waals surface area contributed by atoms with Gasteiger partial charge < -0.3 is 97.0 Å². The summed E-state index contributed by atoms with van der Waals surface area (Å²) in [5.74, 6) is -14.1. The number of primary amides is 1. The monoisotopic (exact) mass is 1300 g/mol. The van der Waals surface area contributed by atoms with E-state index in [2.05, 4.69) is 21.3 Å². The molecular formula is C62H67Cl2N5O20S. The number of hydrogen-bond donors (Lipinski definition) is 15. The fourth-order valence-corrected chi connectivity index (χ4v) is 12.4. The second-order valence-electron chi connectivity index (χ2n) is 23.0. The van der Waals surface area contributed by atoms with Gasteiger partial charge in [-0.2, -0.15) is 0 Å². The van der Waals surface area contributed by atoms with Crippen LogP contribution in [-0.2, 0) is 33.5 Å². The zero-order valence-corrected chi connectivity index (χ0v) is 50.7. The molecule has 0 aliphatic carbocycles. The first kappa shape index (κ1) is 66.8. The van der Waals surface area contributed by atoms with E-state index in [1.807, 2.05) is 13.8 Å². The van der Waals surface area contributed by atoms with E-state index >= 15 is 9.59 Å². The third-order valence-corrected chi connectivity index (χ3v) is 17.3. The fourth-order valence-electron chi connectivity index (χ4n) is 11.6. The Hall–Kier alpha value is -7.57. The van der Waals surface area contributed by atoms with E-state index in [1.165, 1.54) is 73.8 Å². The van der Waals surface area contributed by atoms with E-state index in [9.17, 15) is 70.2 Å². The minimum atomic E-state index is -2.07. The van der Waals surface area contributed by atoms with Gasteiger partial charge in [-0.3, -0.25) is 28.8 Å². The van der Waals surface area contributed by atoms with Gasteiger partial charge in [0.15, 0.2) is 17.3 Å². The highest BCUT2D eigenvalue weighted by Crippen LogP contribution is 2.50. The molecule has 480 valence electrons. The lowest BCUT2D eigenvalue weighted by molar-refractivity contribution is -0.277. The molecule has 11 bridgehead atoms.